The summed E-state index contributed by atoms with van der Waals surface area (Å²) in [5, 5.41) is 0. The second-order valence-corrected chi connectivity index (χ2v) is 5.35. The summed E-state index contributed by atoms with van der Waals surface area (Å²) in [4.78, 5) is 6.03. The highest BCUT2D eigenvalue weighted by Crippen LogP contribution is 2.31. The Hall–Kier alpha value is -0.570. The van der Waals surface area contributed by atoms with Gasteiger partial charge in [0.05, 0.1) is 6.20 Å². The fourth-order valence-corrected chi connectivity index (χ4v) is 2.23. The van der Waals surface area contributed by atoms with E-state index in [1.165, 1.54) is 0 Å². The van der Waals surface area contributed by atoms with Crippen molar-refractivity contribution in [2.45, 2.75) is 6.18 Å². The van der Waals surface area contributed by atoms with Crippen molar-refractivity contribution in [3.05, 3.63) is 38.1 Å². The number of alkyl halides is 3. The molecule has 0 radical (unpaired) electrons. The number of rotatable bonds is 1. The topological polar surface area (TPSA) is 28.7 Å². The molecule has 0 fully saturated rings. The Labute approximate surface area is 117 Å². The van der Waals surface area contributed by atoms with Gasteiger partial charge in [-0.2, -0.15) is 13.2 Å². The molecule has 0 aliphatic carbocycles. The molecule has 1 heterocycles. The summed E-state index contributed by atoms with van der Waals surface area (Å²) < 4.78 is 38.9. The average molecular weight is 417 g/mol. The Morgan fingerprint density at radius 1 is 1.29 bits per heavy atom. The minimum absolute atomic E-state index is 0.211. The maximum atomic E-state index is 12.4. The molecular formula is C10H5BrF3IN2. The van der Waals surface area contributed by atoms with Crippen molar-refractivity contribution in [1.29, 1.82) is 0 Å². The van der Waals surface area contributed by atoms with Gasteiger partial charge in [-0.3, -0.25) is 0 Å². The van der Waals surface area contributed by atoms with Gasteiger partial charge in [0.25, 0.3) is 0 Å². The van der Waals surface area contributed by atoms with Crippen LogP contribution in [0.3, 0.4) is 0 Å². The molecule has 7 heteroatoms. The molecule has 0 spiro atoms. The monoisotopic (exact) mass is 416 g/mol. The maximum Gasteiger partial charge on any atom is 0.432 e. The summed E-state index contributed by atoms with van der Waals surface area (Å²) in [5.74, 6) is 0.211. The summed E-state index contributed by atoms with van der Waals surface area (Å²) >= 11 is 5.32. The molecule has 2 nitrogen and oxygen atoms in total. The van der Waals surface area contributed by atoms with Crippen LogP contribution in [0.5, 0.6) is 0 Å². The predicted octanol–water partition coefficient (Wildman–Crippen LogP) is 4.46. The van der Waals surface area contributed by atoms with Crippen molar-refractivity contribution in [2.75, 3.05) is 0 Å². The Kier molecular flexibility index (Phi) is 3.48. The van der Waals surface area contributed by atoms with Crippen LogP contribution in [0.25, 0.3) is 11.4 Å². The second-order valence-electron chi connectivity index (χ2n) is 3.27. The molecule has 2 rings (SSSR count). The fraction of sp³-hybridized carbons (Fsp3) is 0.100. The van der Waals surface area contributed by atoms with Gasteiger partial charge in [0.15, 0.2) is 0 Å². The molecule has 1 aromatic heterocycles. The van der Waals surface area contributed by atoms with Crippen LogP contribution in [0.2, 0.25) is 0 Å². The molecule has 0 saturated carbocycles. The zero-order valence-electron chi connectivity index (χ0n) is 8.15. The molecule has 1 N–H and O–H groups in total. The maximum absolute atomic E-state index is 12.4. The van der Waals surface area contributed by atoms with E-state index >= 15 is 0 Å². The van der Waals surface area contributed by atoms with Crippen molar-refractivity contribution < 1.29 is 13.2 Å². The summed E-state index contributed by atoms with van der Waals surface area (Å²) in [6.07, 6.45) is -3.60. The molecule has 0 amide bonds. The molecule has 1 aromatic carbocycles. The van der Waals surface area contributed by atoms with Crippen LogP contribution in [0, 0.1) is 3.57 Å². The summed E-state index contributed by atoms with van der Waals surface area (Å²) in [6.45, 7) is 0. The highest BCUT2D eigenvalue weighted by Gasteiger charge is 2.33. The van der Waals surface area contributed by atoms with Crippen molar-refractivity contribution in [1.82, 2.24) is 9.97 Å². The highest BCUT2D eigenvalue weighted by atomic mass is 127. The van der Waals surface area contributed by atoms with Gasteiger partial charge in [-0.25, -0.2) is 4.98 Å². The zero-order valence-corrected chi connectivity index (χ0v) is 11.9. The van der Waals surface area contributed by atoms with Crippen LogP contribution in [0.4, 0.5) is 13.2 Å². The van der Waals surface area contributed by atoms with E-state index < -0.39 is 11.9 Å². The van der Waals surface area contributed by atoms with Crippen LogP contribution >= 0.6 is 38.5 Å². The third-order valence-electron chi connectivity index (χ3n) is 2.06. The minimum atomic E-state index is -4.40. The molecule has 0 saturated heterocycles. The van der Waals surface area contributed by atoms with Crippen LogP contribution in [0.1, 0.15) is 5.69 Å². The summed E-state index contributed by atoms with van der Waals surface area (Å²) in [7, 11) is 0. The Balaban J connectivity index is 2.47. The first-order valence-corrected chi connectivity index (χ1v) is 6.33. The van der Waals surface area contributed by atoms with Gasteiger partial charge in [-0.15, -0.1) is 0 Å². The van der Waals surface area contributed by atoms with E-state index in [2.05, 4.69) is 25.9 Å². The van der Waals surface area contributed by atoms with E-state index in [9.17, 15) is 13.2 Å². The molecular weight excluding hydrogens is 412 g/mol. The molecule has 2 aromatic rings. The number of aromatic nitrogens is 2. The number of nitrogens with zero attached hydrogens (tertiary/aromatic N) is 1. The lowest BCUT2D eigenvalue weighted by Gasteiger charge is -2.03. The molecule has 90 valence electrons. The van der Waals surface area contributed by atoms with Crippen molar-refractivity contribution in [3.63, 3.8) is 0 Å². The smallest absolute Gasteiger partial charge is 0.334 e. The lowest BCUT2D eigenvalue weighted by Crippen LogP contribution is -2.04. The predicted molar refractivity (Wildman–Crippen MR) is 69.4 cm³/mol. The Bertz CT molecular complexity index is 551. The SMILES string of the molecule is FC(F)(F)c1cnc(-c2cc(Br)ccc2I)[nH]1. The van der Waals surface area contributed by atoms with Crippen molar-refractivity contribution in [2.24, 2.45) is 0 Å². The van der Waals surface area contributed by atoms with Gasteiger partial charge in [-0.05, 0) is 40.8 Å². The minimum Gasteiger partial charge on any atom is -0.334 e. The molecule has 17 heavy (non-hydrogen) atoms. The summed E-state index contributed by atoms with van der Waals surface area (Å²) in [6, 6.07) is 5.34. The van der Waals surface area contributed by atoms with Crippen LogP contribution in [-0.2, 0) is 6.18 Å². The van der Waals surface area contributed by atoms with E-state index in [1.807, 2.05) is 28.7 Å². The van der Waals surface area contributed by atoms with E-state index in [-0.39, 0.29) is 5.82 Å². The Morgan fingerprint density at radius 2 is 2.00 bits per heavy atom. The first kappa shape index (κ1) is 12.9. The Morgan fingerprint density at radius 3 is 2.59 bits per heavy atom. The van der Waals surface area contributed by atoms with Crippen molar-refractivity contribution >= 4 is 38.5 Å². The zero-order chi connectivity index (χ0) is 12.6. The van der Waals surface area contributed by atoms with Gasteiger partial charge >= 0.3 is 6.18 Å². The fourth-order valence-electron chi connectivity index (χ4n) is 1.28. The highest BCUT2D eigenvalue weighted by molar-refractivity contribution is 14.1. The van der Waals surface area contributed by atoms with Crippen LogP contribution in [-0.4, -0.2) is 9.97 Å². The van der Waals surface area contributed by atoms with Gasteiger partial charge in [0.1, 0.15) is 11.5 Å². The first-order chi connectivity index (χ1) is 7.88. The van der Waals surface area contributed by atoms with E-state index in [4.69, 9.17) is 0 Å². The third-order valence-corrected chi connectivity index (χ3v) is 3.50. The van der Waals surface area contributed by atoms with E-state index in [1.54, 1.807) is 12.1 Å². The van der Waals surface area contributed by atoms with Gasteiger partial charge < -0.3 is 4.98 Å². The molecule has 0 aliphatic rings. The number of benzene rings is 1. The van der Waals surface area contributed by atoms with Crippen LogP contribution < -0.4 is 0 Å². The molecule has 0 unspecified atom stereocenters. The average Bonchev–Trinajstić information content (AvgIpc) is 2.70. The molecule has 0 bridgehead atoms. The van der Waals surface area contributed by atoms with Gasteiger partial charge in [0, 0.05) is 13.6 Å². The number of H-pyrrole nitrogens is 1. The number of aromatic amines is 1. The van der Waals surface area contributed by atoms with Crippen molar-refractivity contribution in [3.8, 4) is 11.4 Å². The van der Waals surface area contributed by atoms with Gasteiger partial charge in [-0.1, -0.05) is 15.9 Å². The number of halogens is 5. The summed E-state index contributed by atoms with van der Waals surface area (Å²) in [5.41, 5.74) is -0.209. The number of nitrogens with one attached hydrogen (secondary N) is 1. The standard InChI is InChI=1S/C10H5BrF3IN2/c11-5-1-2-7(15)6(3-5)9-16-4-8(17-9)10(12,13)14/h1-4H,(H,16,17). The van der Waals surface area contributed by atoms with Gasteiger partial charge in [0.2, 0.25) is 0 Å². The van der Waals surface area contributed by atoms with E-state index in [0.29, 0.717) is 5.56 Å². The number of hydrogen-bond donors (Lipinski definition) is 1. The largest absolute Gasteiger partial charge is 0.432 e. The first-order valence-electron chi connectivity index (χ1n) is 4.45. The third kappa shape index (κ3) is 2.82. The lowest BCUT2D eigenvalue weighted by atomic mass is 10.2. The number of hydrogen-bond acceptors (Lipinski definition) is 1. The van der Waals surface area contributed by atoms with E-state index in [0.717, 1.165) is 14.2 Å². The molecule has 0 atom stereocenters. The molecule has 0 aliphatic heterocycles. The number of imidazole rings is 1. The lowest BCUT2D eigenvalue weighted by molar-refractivity contribution is -0.140. The van der Waals surface area contributed by atoms with Crippen LogP contribution in [0.15, 0.2) is 28.9 Å². The second kappa shape index (κ2) is 4.60. The quantitative estimate of drug-likeness (QED) is 0.683. The normalized spacial score (nSPS) is 11.8.